The molecule has 0 fully saturated rings. The standard InChI is InChI=1S/C23H24F2N4O2/c1-28(2)13-15-12-26-23(27-15)29-10-6-8-14-7-5-9-16(22(14)29)19-20(24)17(30-3)11-18(31-4)21(19)25/h5-9,11-12H,10,13H2,1-4H3,(H,26,27). The van der Waals surface area contributed by atoms with Gasteiger partial charge in [0.25, 0.3) is 0 Å². The number of aromatic amines is 1. The lowest BCUT2D eigenvalue weighted by Crippen LogP contribution is -2.23. The summed E-state index contributed by atoms with van der Waals surface area (Å²) in [7, 11) is 6.62. The maximum atomic E-state index is 15.3. The average Bonchev–Trinajstić information content (AvgIpc) is 3.21. The van der Waals surface area contributed by atoms with Crippen LogP contribution >= 0.6 is 0 Å². The summed E-state index contributed by atoms with van der Waals surface area (Å²) in [4.78, 5) is 11.8. The Morgan fingerprint density at radius 1 is 1.13 bits per heavy atom. The van der Waals surface area contributed by atoms with Gasteiger partial charge in [0.1, 0.15) is 0 Å². The quantitative estimate of drug-likeness (QED) is 0.625. The fourth-order valence-electron chi connectivity index (χ4n) is 3.80. The number of fused-ring (bicyclic) bond motifs is 1. The lowest BCUT2D eigenvalue weighted by Gasteiger charge is -2.29. The van der Waals surface area contributed by atoms with Gasteiger partial charge in [-0.1, -0.05) is 30.4 Å². The molecule has 0 bridgehead atoms. The first-order valence-corrected chi connectivity index (χ1v) is 9.80. The molecule has 3 aromatic rings. The first-order valence-electron chi connectivity index (χ1n) is 9.80. The van der Waals surface area contributed by atoms with Gasteiger partial charge in [0.05, 0.1) is 37.4 Å². The van der Waals surface area contributed by atoms with E-state index in [2.05, 4.69) is 9.97 Å². The van der Waals surface area contributed by atoms with Crippen molar-refractivity contribution in [1.29, 1.82) is 0 Å². The van der Waals surface area contributed by atoms with Crippen molar-refractivity contribution in [2.75, 3.05) is 39.8 Å². The highest BCUT2D eigenvalue weighted by atomic mass is 19.1. The van der Waals surface area contributed by atoms with E-state index >= 15 is 8.78 Å². The number of aromatic nitrogens is 2. The molecule has 2 heterocycles. The first-order chi connectivity index (χ1) is 14.9. The van der Waals surface area contributed by atoms with E-state index in [0.717, 1.165) is 11.3 Å². The van der Waals surface area contributed by atoms with Crippen LogP contribution in [0, 0.1) is 11.6 Å². The van der Waals surface area contributed by atoms with Gasteiger partial charge in [-0.3, -0.25) is 0 Å². The molecule has 0 aliphatic carbocycles. The summed E-state index contributed by atoms with van der Waals surface area (Å²) in [6.07, 6.45) is 5.69. The first kappa shape index (κ1) is 20.9. The number of benzene rings is 2. The van der Waals surface area contributed by atoms with Gasteiger partial charge >= 0.3 is 0 Å². The van der Waals surface area contributed by atoms with E-state index in [1.54, 1.807) is 18.3 Å². The number of imidazole rings is 1. The largest absolute Gasteiger partial charge is 0.494 e. The molecule has 0 unspecified atom stereocenters. The molecular weight excluding hydrogens is 402 g/mol. The second-order valence-electron chi connectivity index (χ2n) is 7.51. The Morgan fingerprint density at radius 3 is 2.48 bits per heavy atom. The van der Waals surface area contributed by atoms with Crippen LogP contribution in [0.5, 0.6) is 11.5 Å². The molecule has 0 spiro atoms. The Morgan fingerprint density at radius 2 is 1.84 bits per heavy atom. The van der Waals surface area contributed by atoms with Gasteiger partial charge in [-0.15, -0.1) is 0 Å². The van der Waals surface area contributed by atoms with Gasteiger partial charge in [-0.2, -0.15) is 0 Å². The van der Waals surface area contributed by atoms with Crippen LogP contribution in [0.15, 0.2) is 36.5 Å². The molecule has 0 amide bonds. The van der Waals surface area contributed by atoms with Gasteiger partial charge in [-0.05, 0) is 19.7 Å². The maximum absolute atomic E-state index is 15.3. The number of H-pyrrole nitrogens is 1. The van der Waals surface area contributed by atoms with Gasteiger partial charge < -0.3 is 24.3 Å². The molecule has 2 aromatic carbocycles. The molecule has 4 rings (SSSR count). The second-order valence-corrected chi connectivity index (χ2v) is 7.51. The van der Waals surface area contributed by atoms with Crippen molar-refractivity contribution >= 4 is 17.7 Å². The molecule has 0 atom stereocenters. The minimum Gasteiger partial charge on any atom is -0.494 e. The highest BCUT2D eigenvalue weighted by molar-refractivity contribution is 5.90. The van der Waals surface area contributed by atoms with E-state index in [4.69, 9.17) is 9.47 Å². The highest BCUT2D eigenvalue weighted by Gasteiger charge is 2.28. The fourth-order valence-corrected chi connectivity index (χ4v) is 3.80. The smallest absolute Gasteiger partial charge is 0.207 e. The third-order valence-electron chi connectivity index (χ3n) is 5.12. The normalized spacial score (nSPS) is 12.9. The lowest BCUT2D eigenvalue weighted by molar-refractivity contribution is 0.360. The van der Waals surface area contributed by atoms with Gasteiger partial charge in [0.15, 0.2) is 23.1 Å². The second kappa shape index (κ2) is 8.39. The number of methoxy groups -OCH3 is 2. The summed E-state index contributed by atoms with van der Waals surface area (Å²) >= 11 is 0. The van der Waals surface area contributed by atoms with E-state index in [1.807, 2.05) is 42.1 Å². The zero-order valence-corrected chi connectivity index (χ0v) is 17.9. The Hall–Kier alpha value is -3.39. The highest BCUT2D eigenvalue weighted by Crippen LogP contribution is 2.45. The fraction of sp³-hybridized carbons (Fsp3) is 0.261. The summed E-state index contributed by atoms with van der Waals surface area (Å²) < 4.78 is 40.8. The van der Waals surface area contributed by atoms with Crippen LogP contribution in [0.2, 0.25) is 0 Å². The average molecular weight is 426 g/mol. The van der Waals surface area contributed by atoms with Gasteiger partial charge in [0, 0.05) is 24.7 Å². The maximum Gasteiger partial charge on any atom is 0.207 e. The Balaban J connectivity index is 1.91. The van der Waals surface area contributed by atoms with Crippen molar-refractivity contribution in [3.8, 4) is 22.6 Å². The number of hydrogen-bond donors (Lipinski definition) is 1. The number of rotatable bonds is 6. The van der Waals surface area contributed by atoms with Crippen molar-refractivity contribution in [3.05, 3.63) is 59.4 Å². The molecule has 1 aliphatic rings. The molecule has 6 nitrogen and oxygen atoms in total. The predicted molar refractivity (Wildman–Crippen MR) is 117 cm³/mol. The van der Waals surface area contributed by atoms with Crippen molar-refractivity contribution in [2.24, 2.45) is 0 Å². The number of nitrogens with zero attached hydrogens (tertiary/aromatic N) is 3. The summed E-state index contributed by atoms with van der Waals surface area (Å²) in [6.45, 7) is 1.20. The topological polar surface area (TPSA) is 53.6 Å². The number of halogens is 2. The Bertz CT molecular complexity index is 1110. The molecule has 0 radical (unpaired) electrons. The van der Waals surface area contributed by atoms with Crippen LogP contribution in [0.1, 0.15) is 11.3 Å². The number of anilines is 2. The van der Waals surface area contributed by atoms with E-state index < -0.39 is 11.6 Å². The van der Waals surface area contributed by atoms with Crippen LogP contribution in [0.25, 0.3) is 17.2 Å². The molecule has 1 aliphatic heterocycles. The summed E-state index contributed by atoms with van der Waals surface area (Å²) in [6, 6.07) is 6.57. The summed E-state index contributed by atoms with van der Waals surface area (Å²) in [5.41, 5.74) is 2.61. The van der Waals surface area contributed by atoms with Gasteiger partial charge in [-0.25, -0.2) is 13.8 Å². The minimum atomic E-state index is -0.781. The van der Waals surface area contributed by atoms with Crippen LogP contribution in [-0.2, 0) is 6.54 Å². The Kier molecular flexibility index (Phi) is 5.65. The number of hydrogen-bond acceptors (Lipinski definition) is 5. The molecule has 8 heteroatoms. The van der Waals surface area contributed by atoms with Crippen molar-refractivity contribution in [3.63, 3.8) is 0 Å². The van der Waals surface area contributed by atoms with E-state index in [-0.39, 0.29) is 17.1 Å². The Labute approximate surface area is 179 Å². The third-order valence-corrected chi connectivity index (χ3v) is 5.12. The summed E-state index contributed by atoms with van der Waals surface area (Å²) in [5, 5.41) is 0. The molecule has 31 heavy (non-hydrogen) atoms. The lowest BCUT2D eigenvalue weighted by atomic mass is 9.95. The van der Waals surface area contributed by atoms with Crippen LogP contribution in [-0.4, -0.2) is 49.7 Å². The van der Waals surface area contributed by atoms with Crippen molar-refractivity contribution < 1.29 is 18.3 Å². The monoisotopic (exact) mass is 426 g/mol. The van der Waals surface area contributed by atoms with Gasteiger partial charge in [0.2, 0.25) is 5.95 Å². The zero-order valence-electron chi connectivity index (χ0n) is 17.9. The van der Waals surface area contributed by atoms with Crippen LogP contribution < -0.4 is 14.4 Å². The molecule has 1 N–H and O–H groups in total. The van der Waals surface area contributed by atoms with E-state index in [1.165, 1.54) is 20.3 Å². The molecule has 0 saturated heterocycles. The van der Waals surface area contributed by atoms with Crippen molar-refractivity contribution in [1.82, 2.24) is 14.9 Å². The molecule has 162 valence electrons. The molecular formula is C23H24F2N4O2. The predicted octanol–water partition coefficient (Wildman–Crippen LogP) is 4.60. The van der Waals surface area contributed by atoms with Crippen molar-refractivity contribution in [2.45, 2.75) is 6.54 Å². The number of nitrogens with one attached hydrogen (secondary N) is 1. The number of para-hydroxylation sites is 1. The minimum absolute atomic E-state index is 0.0879. The molecule has 0 saturated carbocycles. The molecule has 1 aromatic heterocycles. The number of ether oxygens (including phenoxy) is 2. The SMILES string of the molecule is COc1cc(OC)c(F)c(-c2cccc3c2N(c2ncc(CN(C)C)[nH]2)CC=C3)c1F. The zero-order chi connectivity index (χ0) is 22.1. The summed E-state index contributed by atoms with van der Waals surface area (Å²) in [5.74, 6) is -1.14. The van der Waals surface area contributed by atoms with Crippen LogP contribution in [0.4, 0.5) is 20.4 Å². The van der Waals surface area contributed by atoms with E-state index in [9.17, 15) is 0 Å². The van der Waals surface area contributed by atoms with E-state index in [0.29, 0.717) is 30.3 Å². The third kappa shape index (κ3) is 3.74. The van der Waals surface area contributed by atoms with Crippen LogP contribution in [0.3, 0.4) is 0 Å².